The van der Waals surface area contributed by atoms with Crippen LogP contribution in [0.5, 0.6) is 0 Å². The molecule has 0 saturated heterocycles. The average molecular weight is 338 g/mol. The van der Waals surface area contributed by atoms with Crippen molar-refractivity contribution in [3.05, 3.63) is 65.8 Å². The van der Waals surface area contributed by atoms with Crippen LogP contribution in [0, 0.1) is 0 Å². The van der Waals surface area contributed by atoms with E-state index in [2.05, 4.69) is 22.1 Å². The Hall–Kier alpha value is -2.30. The van der Waals surface area contributed by atoms with Gasteiger partial charge >= 0.3 is 0 Å². The summed E-state index contributed by atoms with van der Waals surface area (Å²) < 4.78 is 0. The smallest absolute Gasteiger partial charge is 0.162 e. The van der Waals surface area contributed by atoms with Crippen LogP contribution in [0.4, 0.5) is 5.69 Å². The van der Waals surface area contributed by atoms with Crippen molar-refractivity contribution in [3.63, 3.8) is 0 Å². The van der Waals surface area contributed by atoms with Crippen LogP contribution in [0.25, 0.3) is 21.8 Å². The summed E-state index contributed by atoms with van der Waals surface area (Å²) in [6.07, 6.45) is 0. The molecule has 0 saturated carbocycles. The van der Waals surface area contributed by atoms with Crippen molar-refractivity contribution in [2.24, 2.45) is 0 Å². The standard InChI is InChI=1S/C18H12ClN3S/c19-17-18(23-14-7-5-13(20)6-8-14)22-16-10-12-4-2-1-3-11(12)9-15(16)21-17/h1-10H,20H2. The molecule has 0 atom stereocenters. The molecule has 1 heterocycles. The summed E-state index contributed by atoms with van der Waals surface area (Å²) in [5.74, 6) is 0. The predicted octanol–water partition coefficient (Wildman–Crippen LogP) is 5.17. The zero-order valence-electron chi connectivity index (χ0n) is 12.0. The molecule has 3 nitrogen and oxygen atoms in total. The van der Waals surface area contributed by atoms with Gasteiger partial charge in [-0.05, 0) is 47.2 Å². The number of nitrogens with two attached hydrogens (primary N) is 1. The quantitative estimate of drug-likeness (QED) is 0.405. The van der Waals surface area contributed by atoms with Crippen molar-refractivity contribution >= 4 is 50.9 Å². The van der Waals surface area contributed by atoms with E-state index in [1.807, 2.05) is 48.5 Å². The molecule has 3 aromatic carbocycles. The third-order valence-corrected chi connectivity index (χ3v) is 4.92. The Balaban J connectivity index is 1.81. The summed E-state index contributed by atoms with van der Waals surface area (Å²) in [7, 11) is 0. The fourth-order valence-electron chi connectivity index (χ4n) is 2.42. The zero-order valence-corrected chi connectivity index (χ0v) is 13.6. The number of nitrogens with zero attached hydrogens (tertiary/aromatic N) is 2. The normalized spacial score (nSPS) is 11.2. The molecule has 4 aromatic rings. The lowest BCUT2D eigenvalue weighted by molar-refractivity contribution is 1.12. The summed E-state index contributed by atoms with van der Waals surface area (Å²) in [6, 6.07) is 19.8. The highest BCUT2D eigenvalue weighted by atomic mass is 35.5. The second-order valence-electron chi connectivity index (χ2n) is 5.18. The van der Waals surface area contributed by atoms with Crippen LogP contribution < -0.4 is 5.73 Å². The first kappa shape index (κ1) is 14.3. The zero-order chi connectivity index (χ0) is 15.8. The van der Waals surface area contributed by atoms with Crippen LogP contribution in [0.3, 0.4) is 0 Å². The largest absolute Gasteiger partial charge is 0.399 e. The maximum atomic E-state index is 6.32. The molecule has 112 valence electrons. The SMILES string of the molecule is Nc1ccc(Sc2nc3cc4ccccc4cc3nc2Cl)cc1. The average Bonchev–Trinajstić information content (AvgIpc) is 2.56. The van der Waals surface area contributed by atoms with Crippen LogP contribution in [0.2, 0.25) is 5.15 Å². The summed E-state index contributed by atoms with van der Waals surface area (Å²) in [4.78, 5) is 10.2. The summed E-state index contributed by atoms with van der Waals surface area (Å²) in [5.41, 5.74) is 8.09. The van der Waals surface area contributed by atoms with Crippen LogP contribution in [0.15, 0.2) is 70.6 Å². The van der Waals surface area contributed by atoms with E-state index in [0.717, 1.165) is 32.4 Å². The Kier molecular flexibility index (Phi) is 3.56. The highest BCUT2D eigenvalue weighted by molar-refractivity contribution is 7.99. The lowest BCUT2D eigenvalue weighted by atomic mass is 10.1. The molecule has 0 aliphatic carbocycles. The Bertz CT molecular complexity index is 1020. The molecular weight excluding hydrogens is 326 g/mol. The van der Waals surface area contributed by atoms with Crippen molar-refractivity contribution in [2.45, 2.75) is 9.92 Å². The first-order chi connectivity index (χ1) is 11.2. The minimum absolute atomic E-state index is 0.412. The number of benzene rings is 3. The lowest BCUT2D eigenvalue weighted by Crippen LogP contribution is -1.90. The van der Waals surface area contributed by atoms with Gasteiger partial charge in [0.25, 0.3) is 0 Å². The number of hydrogen-bond donors (Lipinski definition) is 1. The molecule has 23 heavy (non-hydrogen) atoms. The van der Waals surface area contributed by atoms with E-state index < -0.39 is 0 Å². The van der Waals surface area contributed by atoms with E-state index in [1.54, 1.807) is 0 Å². The molecule has 4 rings (SSSR count). The highest BCUT2D eigenvalue weighted by Crippen LogP contribution is 2.33. The summed E-state index contributed by atoms with van der Waals surface area (Å²) >= 11 is 7.80. The van der Waals surface area contributed by atoms with Gasteiger partial charge in [-0.15, -0.1) is 0 Å². The van der Waals surface area contributed by atoms with Gasteiger partial charge in [0.15, 0.2) is 5.15 Å². The Labute approximate surface area is 142 Å². The Morgan fingerprint density at radius 1 is 0.826 bits per heavy atom. The van der Waals surface area contributed by atoms with Crippen LogP contribution in [-0.2, 0) is 0 Å². The van der Waals surface area contributed by atoms with Gasteiger partial charge in [0.05, 0.1) is 11.0 Å². The van der Waals surface area contributed by atoms with Gasteiger partial charge in [-0.3, -0.25) is 0 Å². The molecule has 5 heteroatoms. The second kappa shape index (κ2) is 5.72. The summed E-state index contributed by atoms with van der Waals surface area (Å²) in [5, 5.41) is 3.37. The topological polar surface area (TPSA) is 51.8 Å². The number of rotatable bonds is 2. The first-order valence-corrected chi connectivity index (χ1v) is 8.28. The molecule has 1 aromatic heterocycles. The fourth-order valence-corrected chi connectivity index (χ4v) is 3.44. The number of hydrogen-bond acceptors (Lipinski definition) is 4. The van der Waals surface area contributed by atoms with Crippen molar-refractivity contribution in [1.29, 1.82) is 0 Å². The molecule has 0 radical (unpaired) electrons. The van der Waals surface area contributed by atoms with Crippen molar-refractivity contribution in [2.75, 3.05) is 5.73 Å². The van der Waals surface area contributed by atoms with Gasteiger partial charge in [-0.2, -0.15) is 0 Å². The number of halogens is 1. The number of nitrogen functional groups attached to an aromatic ring is 1. The molecule has 2 N–H and O–H groups in total. The van der Waals surface area contributed by atoms with E-state index in [0.29, 0.717) is 10.2 Å². The van der Waals surface area contributed by atoms with Gasteiger partial charge in [-0.25, -0.2) is 9.97 Å². The molecule has 0 unspecified atom stereocenters. The van der Waals surface area contributed by atoms with Gasteiger partial charge in [-0.1, -0.05) is 47.6 Å². The van der Waals surface area contributed by atoms with Crippen molar-refractivity contribution < 1.29 is 0 Å². The lowest BCUT2D eigenvalue weighted by Gasteiger charge is -2.06. The van der Waals surface area contributed by atoms with E-state index in [4.69, 9.17) is 17.3 Å². The Morgan fingerprint density at radius 3 is 2.09 bits per heavy atom. The van der Waals surface area contributed by atoms with Crippen molar-refractivity contribution in [3.8, 4) is 0 Å². The summed E-state index contributed by atoms with van der Waals surface area (Å²) in [6.45, 7) is 0. The van der Waals surface area contributed by atoms with Gasteiger partial charge in [0.2, 0.25) is 0 Å². The molecular formula is C18H12ClN3S. The van der Waals surface area contributed by atoms with E-state index >= 15 is 0 Å². The monoisotopic (exact) mass is 337 g/mol. The van der Waals surface area contributed by atoms with E-state index in [9.17, 15) is 0 Å². The fraction of sp³-hybridized carbons (Fsp3) is 0. The highest BCUT2D eigenvalue weighted by Gasteiger charge is 2.10. The minimum Gasteiger partial charge on any atom is -0.399 e. The first-order valence-electron chi connectivity index (χ1n) is 7.08. The third kappa shape index (κ3) is 2.83. The van der Waals surface area contributed by atoms with Gasteiger partial charge in [0, 0.05) is 10.6 Å². The maximum Gasteiger partial charge on any atom is 0.162 e. The van der Waals surface area contributed by atoms with E-state index in [-0.39, 0.29) is 0 Å². The number of anilines is 1. The van der Waals surface area contributed by atoms with E-state index in [1.165, 1.54) is 11.8 Å². The second-order valence-corrected chi connectivity index (χ2v) is 6.60. The number of fused-ring (bicyclic) bond motifs is 2. The molecule has 0 aliphatic rings. The van der Waals surface area contributed by atoms with Crippen LogP contribution >= 0.6 is 23.4 Å². The third-order valence-electron chi connectivity index (χ3n) is 3.55. The maximum absolute atomic E-state index is 6.32. The van der Waals surface area contributed by atoms with Crippen LogP contribution in [-0.4, -0.2) is 9.97 Å². The van der Waals surface area contributed by atoms with Crippen LogP contribution in [0.1, 0.15) is 0 Å². The predicted molar refractivity (Wildman–Crippen MR) is 97.0 cm³/mol. The van der Waals surface area contributed by atoms with Crippen molar-refractivity contribution in [1.82, 2.24) is 9.97 Å². The molecule has 0 aliphatic heterocycles. The Morgan fingerprint density at radius 2 is 1.43 bits per heavy atom. The molecule has 0 amide bonds. The minimum atomic E-state index is 0.412. The molecule has 0 fully saturated rings. The van der Waals surface area contributed by atoms with Gasteiger partial charge < -0.3 is 5.73 Å². The van der Waals surface area contributed by atoms with Gasteiger partial charge in [0.1, 0.15) is 5.03 Å². The molecule has 0 bridgehead atoms. The molecule has 0 spiro atoms. The number of aromatic nitrogens is 2.